The highest BCUT2D eigenvalue weighted by Crippen LogP contribution is 2.19. The molecule has 1 heterocycles. The normalized spacial score (nSPS) is 13.7. The molecule has 0 spiro atoms. The summed E-state index contributed by atoms with van der Waals surface area (Å²) in [6.07, 6.45) is 3.24. The van der Waals surface area contributed by atoms with E-state index in [-0.39, 0.29) is 50.4 Å². The van der Waals surface area contributed by atoms with Gasteiger partial charge < -0.3 is 59.4 Å². The average molecular weight is 769 g/mol. The van der Waals surface area contributed by atoms with E-state index >= 15 is 0 Å². The number of carbonyl (C=O) groups excluding carboxylic acids is 5. The Balaban J connectivity index is 1.85. The van der Waals surface area contributed by atoms with Gasteiger partial charge in [0.05, 0.1) is 12.5 Å². The maximum Gasteiger partial charge on any atom is 0.326 e. The lowest BCUT2D eigenvalue weighted by Crippen LogP contribution is -2.59. The van der Waals surface area contributed by atoms with Crippen LogP contribution in [0.1, 0.15) is 36.8 Å². The topological polar surface area (TPSA) is 323 Å². The van der Waals surface area contributed by atoms with E-state index in [1.54, 1.807) is 24.6 Å². The number of benzene rings is 2. The lowest BCUT2D eigenvalue weighted by Gasteiger charge is -2.26. The summed E-state index contributed by atoms with van der Waals surface area (Å²) in [5.74, 6) is -5.31. The standard InChI is InChI=1S/C35H48N10O8S/c1-54-14-12-26(32(50)45-28(34(52)53)17-29(37)47)43-31(49)25(7-4-13-40-35(38)39)42-33(51)27(15-19-8-10-21(46)11-9-19)44-30(48)23(36)16-20-18-41-24-6-3-2-5-22(20)24/h2-3,5-6,8-11,18,23,25-28,41,46H,4,7,12-17,36H2,1H3,(H2,37,47)(H,42,51)(H,43,49)(H,44,48)(H,45,50)(H,52,53)(H4,38,39,40)/t23-,25-,26-,27-,28-/m0/s1. The number of guanidine groups is 1. The second-order valence-electron chi connectivity index (χ2n) is 12.5. The van der Waals surface area contributed by atoms with Crippen molar-refractivity contribution < 1.29 is 39.0 Å². The van der Waals surface area contributed by atoms with Crippen molar-refractivity contribution in [2.24, 2.45) is 27.9 Å². The summed E-state index contributed by atoms with van der Waals surface area (Å²) >= 11 is 1.37. The highest BCUT2D eigenvalue weighted by Gasteiger charge is 2.32. The first-order chi connectivity index (χ1) is 25.7. The van der Waals surface area contributed by atoms with Crippen LogP contribution >= 0.6 is 11.8 Å². The highest BCUT2D eigenvalue weighted by atomic mass is 32.2. The van der Waals surface area contributed by atoms with E-state index in [4.69, 9.17) is 22.9 Å². The van der Waals surface area contributed by atoms with E-state index in [0.29, 0.717) is 11.3 Å². The molecule has 15 N–H and O–H groups in total. The van der Waals surface area contributed by atoms with Crippen LogP contribution < -0.4 is 44.2 Å². The van der Waals surface area contributed by atoms with Crippen LogP contribution in [0, 0.1) is 0 Å². The van der Waals surface area contributed by atoms with Crippen LogP contribution in [0.3, 0.4) is 0 Å². The minimum atomic E-state index is -1.63. The number of primary amides is 1. The van der Waals surface area contributed by atoms with E-state index in [9.17, 15) is 39.0 Å². The average Bonchev–Trinajstić information content (AvgIpc) is 3.53. The molecule has 0 saturated heterocycles. The number of aliphatic imine (C=N–C) groups is 1. The van der Waals surface area contributed by atoms with Crippen molar-refractivity contribution >= 4 is 64.1 Å². The zero-order chi connectivity index (χ0) is 39.8. The maximum absolute atomic E-state index is 14.0. The van der Waals surface area contributed by atoms with Crippen molar-refractivity contribution in [2.75, 3.05) is 18.6 Å². The second kappa shape index (κ2) is 21.0. The molecule has 0 aliphatic carbocycles. The zero-order valence-electron chi connectivity index (χ0n) is 29.7. The Morgan fingerprint density at radius 2 is 1.39 bits per heavy atom. The van der Waals surface area contributed by atoms with Crippen molar-refractivity contribution in [3.05, 3.63) is 65.9 Å². The van der Waals surface area contributed by atoms with Crippen LogP contribution in [-0.2, 0) is 41.6 Å². The number of phenols is 1. The number of nitrogens with zero attached hydrogens (tertiary/aromatic N) is 1. The molecule has 5 atom stereocenters. The minimum Gasteiger partial charge on any atom is -0.508 e. The van der Waals surface area contributed by atoms with Crippen molar-refractivity contribution in [2.45, 2.75) is 68.7 Å². The van der Waals surface area contributed by atoms with Gasteiger partial charge in [0.1, 0.15) is 29.9 Å². The molecule has 5 amide bonds. The number of fused-ring (bicyclic) bond motifs is 1. The number of aromatic hydroxyl groups is 1. The van der Waals surface area contributed by atoms with Crippen molar-refractivity contribution in [3.63, 3.8) is 0 Å². The molecule has 3 aromatic rings. The fourth-order valence-corrected chi connectivity index (χ4v) is 5.95. The Bertz CT molecular complexity index is 1800. The predicted molar refractivity (Wildman–Crippen MR) is 204 cm³/mol. The number of hydrogen-bond donors (Lipinski definition) is 11. The van der Waals surface area contributed by atoms with Gasteiger partial charge in [0, 0.05) is 30.1 Å². The third kappa shape index (κ3) is 13.6. The molecule has 54 heavy (non-hydrogen) atoms. The number of aromatic nitrogens is 1. The molecule has 18 nitrogen and oxygen atoms in total. The molecule has 1 aromatic heterocycles. The number of carbonyl (C=O) groups is 6. The molecule has 0 aliphatic heterocycles. The number of aliphatic carboxylic acids is 1. The van der Waals surface area contributed by atoms with Gasteiger partial charge in [-0.15, -0.1) is 0 Å². The van der Waals surface area contributed by atoms with Crippen LogP contribution in [0.2, 0.25) is 0 Å². The number of para-hydroxylation sites is 1. The van der Waals surface area contributed by atoms with Gasteiger partial charge in [0.25, 0.3) is 0 Å². The number of amides is 5. The third-order valence-electron chi connectivity index (χ3n) is 8.30. The smallest absolute Gasteiger partial charge is 0.326 e. The summed E-state index contributed by atoms with van der Waals surface area (Å²) in [6, 6.07) is 7.04. The van der Waals surface area contributed by atoms with Gasteiger partial charge in [-0.05, 0) is 67.0 Å². The molecule has 3 rings (SSSR count). The second-order valence-corrected chi connectivity index (χ2v) is 13.5. The zero-order valence-corrected chi connectivity index (χ0v) is 30.6. The van der Waals surface area contributed by atoms with E-state index < -0.39 is 72.1 Å². The van der Waals surface area contributed by atoms with Crippen LogP contribution in [0.4, 0.5) is 0 Å². The Labute approximate surface area is 315 Å². The third-order valence-corrected chi connectivity index (χ3v) is 8.95. The summed E-state index contributed by atoms with van der Waals surface area (Å²) in [4.78, 5) is 84.6. The molecule has 2 aromatic carbocycles. The van der Waals surface area contributed by atoms with Gasteiger partial charge in [0.15, 0.2) is 5.96 Å². The van der Waals surface area contributed by atoms with Crippen LogP contribution in [0.15, 0.2) is 59.7 Å². The van der Waals surface area contributed by atoms with Gasteiger partial charge >= 0.3 is 5.97 Å². The number of carboxylic acid groups (broad SMARTS) is 1. The molecule has 0 aliphatic rings. The number of carboxylic acids is 1. The van der Waals surface area contributed by atoms with Crippen LogP contribution in [0.25, 0.3) is 10.9 Å². The Hall–Kier alpha value is -5.82. The van der Waals surface area contributed by atoms with E-state index in [0.717, 1.165) is 16.5 Å². The molecule has 0 fully saturated rings. The Morgan fingerprint density at radius 3 is 2.00 bits per heavy atom. The minimum absolute atomic E-state index is 0.00795. The van der Waals surface area contributed by atoms with Gasteiger partial charge in [-0.2, -0.15) is 11.8 Å². The molecular weight excluding hydrogens is 721 g/mol. The van der Waals surface area contributed by atoms with Crippen LogP contribution in [-0.4, -0.2) is 105 Å². The fourth-order valence-electron chi connectivity index (χ4n) is 5.48. The van der Waals surface area contributed by atoms with Gasteiger partial charge in [-0.3, -0.25) is 29.0 Å². The molecule has 0 radical (unpaired) electrons. The Morgan fingerprint density at radius 1 is 0.796 bits per heavy atom. The molecule has 0 bridgehead atoms. The number of nitrogens with two attached hydrogens (primary N) is 4. The number of H-pyrrole nitrogens is 1. The molecule has 0 unspecified atom stereocenters. The molecular formula is C35H48N10O8S. The quantitative estimate of drug-likeness (QED) is 0.0323. The summed E-state index contributed by atoms with van der Waals surface area (Å²) in [7, 11) is 0. The first-order valence-electron chi connectivity index (χ1n) is 17.0. The number of thioether (sulfide) groups is 1. The van der Waals surface area contributed by atoms with Crippen molar-refractivity contribution in [3.8, 4) is 5.75 Å². The predicted octanol–water partition coefficient (Wildman–Crippen LogP) is -1.31. The van der Waals surface area contributed by atoms with Gasteiger partial charge in [0.2, 0.25) is 29.5 Å². The van der Waals surface area contributed by atoms with E-state index in [1.165, 1.54) is 23.9 Å². The summed E-state index contributed by atoms with van der Waals surface area (Å²) in [6.45, 7) is 0.0994. The van der Waals surface area contributed by atoms with Gasteiger partial charge in [-0.1, -0.05) is 30.3 Å². The largest absolute Gasteiger partial charge is 0.508 e. The first-order valence-corrected chi connectivity index (χ1v) is 18.4. The van der Waals surface area contributed by atoms with Gasteiger partial charge in [-0.25, -0.2) is 4.79 Å². The number of hydrogen-bond acceptors (Lipinski definition) is 10. The molecule has 292 valence electrons. The lowest BCUT2D eigenvalue weighted by atomic mass is 10.0. The van der Waals surface area contributed by atoms with E-state index in [2.05, 4.69) is 31.2 Å². The summed E-state index contributed by atoms with van der Waals surface area (Å²) in [5.41, 5.74) is 24.6. The number of nitrogens with one attached hydrogen (secondary N) is 5. The van der Waals surface area contributed by atoms with Crippen LogP contribution in [0.5, 0.6) is 5.75 Å². The van der Waals surface area contributed by atoms with Crippen molar-refractivity contribution in [1.82, 2.24) is 26.3 Å². The monoisotopic (exact) mass is 768 g/mol. The number of phenolic OH excluding ortho intramolecular Hbond substituents is 1. The highest BCUT2D eigenvalue weighted by molar-refractivity contribution is 7.98. The number of rotatable bonds is 22. The molecule has 19 heteroatoms. The summed E-state index contributed by atoms with van der Waals surface area (Å²) in [5, 5.41) is 30.4. The SMILES string of the molecule is CSCC[C@H](NC(=O)[C@H](CCCN=C(N)N)NC(=O)[C@H](Cc1ccc(O)cc1)NC(=O)[C@@H](N)Cc1c[nH]c2ccccc12)C(=O)N[C@@H](CC(N)=O)C(=O)O. The number of aromatic amines is 1. The molecule has 0 saturated carbocycles. The lowest BCUT2D eigenvalue weighted by molar-refractivity contribution is -0.143. The van der Waals surface area contributed by atoms with Crippen molar-refractivity contribution in [1.29, 1.82) is 0 Å². The fraction of sp³-hybridized carbons (Fsp3) is 0.400. The summed E-state index contributed by atoms with van der Waals surface area (Å²) < 4.78 is 0. The maximum atomic E-state index is 14.0. The van der Waals surface area contributed by atoms with E-state index in [1.807, 2.05) is 24.3 Å². The Kier molecular flexibility index (Phi) is 16.6. The first kappa shape index (κ1) is 42.6.